The molecule has 0 aromatic rings. The second-order valence-electron chi connectivity index (χ2n) is 8.34. The molecule has 1 atom stereocenters. The first-order valence-electron chi connectivity index (χ1n) is 11.6. The van der Waals surface area contributed by atoms with Gasteiger partial charge < -0.3 is 15.2 Å². The third kappa shape index (κ3) is 18.3. The highest BCUT2D eigenvalue weighted by Crippen LogP contribution is 2.12. The number of esters is 1. The monoisotopic (exact) mass is 399 g/mol. The van der Waals surface area contributed by atoms with E-state index < -0.39 is 12.1 Å². The molecule has 0 aliphatic heterocycles. The van der Waals surface area contributed by atoms with Crippen LogP contribution in [0, 0.1) is 5.92 Å². The zero-order valence-corrected chi connectivity index (χ0v) is 18.6. The van der Waals surface area contributed by atoms with Gasteiger partial charge in [-0.3, -0.25) is 4.79 Å². The highest BCUT2D eigenvalue weighted by atomic mass is 16.5. The first-order chi connectivity index (χ1) is 13.5. The van der Waals surface area contributed by atoms with E-state index in [9.17, 15) is 14.7 Å². The second-order valence-corrected chi connectivity index (χ2v) is 8.34. The topological polar surface area (TPSA) is 75.6 Å². The average molecular weight is 400 g/mol. The Bertz CT molecular complexity index is 385. The maximum atomic E-state index is 11.8. The molecule has 0 saturated heterocycles. The molecule has 0 rings (SSSR count). The van der Waals surface area contributed by atoms with Crippen LogP contribution in [-0.2, 0) is 14.3 Å². The predicted molar refractivity (Wildman–Crippen MR) is 115 cm³/mol. The maximum absolute atomic E-state index is 11.8. The lowest BCUT2D eigenvalue weighted by molar-refractivity contribution is -0.154. The van der Waals surface area contributed by atoms with Gasteiger partial charge in [-0.25, -0.2) is 4.79 Å². The quantitative estimate of drug-likeness (QED) is 0.233. The predicted octanol–water partition coefficient (Wildman–Crippen LogP) is 5.14. The van der Waals surface area contributed by atoms with Gasteiger partial charge in [-0.2, -0.15) is 0 Å². The first kappa shape index (κ1) is 26.9. The van der Waals surface area contributed by atoms with Crippen LogP contribution in [0.4, 0.5) is 0 Å². The van der Waals surface area contributed by atoms with E-state index in [2.05, 4.69) is 12.2 Å². The number of ether oxygens (including phenoxy) is 1. The summed E-state index contributed by atoms with van der Waals surface area (Å²) in [5.74, 6) is -0.560. The molecule has 0 spiro atoms. The van der Waals surface area contributed by atoms with Gasteiger partial charge in [-0.15, -0.1) is 0 Å². The van der Waals surface area contributed by atoms with Crippen molar-refractivity contribution >= 4 is 11.9 Å². The Balaban J connectivity index is 3.40. The summed E-state index contributed by atoms with van der Waals surface area (Å²) in [5, 5.41) is 12.3. The van der Waals surface area contributed by atoms with E-state index >= 15 is 0 Å². The van der Waals surface area contributed by atoms with Crippen molar-refractivity contribution in [2.75, 3.05) is 13.2 Å². The van der Waals surface area contributed by atoms with E-state index in [4.69, 9.17) is 4.74 Å². The fourth-order valence-corrected chi connectivity index (χ4v) is 3.03. The summed E-state index contributed by atoms with van der Waals surface area (Å²) in [7, 11) is 0. The van der Waals surface area contributed by atoms with Crippen LogP contribution >= 0.6 is 0 Å². The molecule has 0 aromatic carbocycles. The molecule has 166 valence electrons. The summed E-state index contributed by atoms with van der Waals surface area (Å²) in [6, 6.07) is 0. The standard InChI is InChI=1S/C23H45NO4/c1-4-5-6-7-8-9-10-11-12-13-14-15-16-17-22(26)24-18-21(25)23(27)28-19-20(2)3/h20-21,25H,4-19H2,1-3H3,(H,24,26). The van der Waals surface area contributed by atoms with Gasteiger partial charge in [-0.1, -0.05) is 97.8 Å². The molecule has 1 amide bonds. The normalized spacial score (nSPS) is 12.2. The minimum atomic E-state index is -1.28. The Kier molecular flexibility index (Phi) is 18.5. The van der Waals surface area contributed by atoms with Gasteiger partial charge in [0.2, 0.25) is 5.91 Å². The number of aliphatic hydroxyl groups excluding tert-OH is 1. The molecule has 0 saturated carbocycles. The van der Waals surface area contributed by atoms with E-state index in [1.165, 1.54) is 70.6 Å². The summed E-state index contributed by atoms with van der Waals surface area (Å²) in [6.07, 6.45) is 15.7. The molecule has 0 fully saturated rings. The number of rotatable bonds is 19. The largest absolute Gasteiger partial charge is 0.463 e. The SMILES string of the molecule is CCCCCCCCCCCCCCCC(=O)NCC(O)C(=O)OCC(C)C. The molecule has 0 bridgehead atoms. The Morgan fingerprint density at radius 3 is 1.75 bits per heavy atom. The number of aliphatic hydroxyl groups is 1. The summed E-state index contributed by atoms with van der Waals surface area (Å²) < 4.78 is 4.94. The maximum Gasteiger partial charge on any atom is 0.336 e. The van der Waals surface area contributed by atoms with Crippen LogP contribution in [0.3, 0.4) is 0 Å². The molecular formula is C23H45NO4. The van der Waals surface area contributed by atoms with Crippen molar-refractivity contribution in [3.05, 3.63) is 0 Å². The van der Waals surface area contributed by atoms with Crippen LogP contribution in [-0.4, -0.2) is 36.2 Å². The molecular weight excluding hydrogens is 354 g/mol. The molecule has 0 radical (unpaired) electrons. The van der Waals surface area contributed by atoms with Crippen molar-refractivity contribution in [3.63, 3.8) is 0 Å². The lowest BCUT2D eigenvalue weighted by Crippen LogP contribution is -2.37. The fourth-order valence-electron chi connectivity index (χ4n) is 3.03. The van der Waals surface area contributed by atoms with Gasteiger partial charge in [0, 0.05) is 6.42 Å². The number of carbonyl (C=O) groups excluding carboxylic acids is 2. The number of amides is 1. The van der Waals surface area contributed by atoms with Crippen LogP contribution < -0.4 is 5.32 Å². The molecule has 0 heterocycles. The summed E-state index contributed by atoms with van der Waals surface area (Å²) in [6.45, 7) is 6.31. The van der Waals surface area contributed by atoms with E-state index in [0.717, 1.165) is 12.8 Å². The van der Waals surface area contributed by atoms with Crippen LogP contribution in [0.25, 0.3) is 0 Å². The molecule has 1 unspecified atom stereocenters. The number of hydrogen-bond acceptors (Lipinski definition) is 4. The molecule has 5 nitrogen and oxygen atoms in total. The number of nitrogens with one attached hydrogen (secondary N) is 1. The molecule has 5 heteroatoms. The van der Waals surface area contributed by atoms with E-state index in [0.29, 0.717) is 6.42 Å². The molecule has 28 heavy (non-hydrogen) atoms. The van der Waals surface area contributed by atoms with Gasteiger partial charge in [0.15, 0.2) is 6.10 Å². The Hall–Kier alpha value is -1.10. The third-order valence-corrected chi connectivity index (χ3v) is 4.83. The highest BCUT2D eigenvalue weighted by Gasteiger charge is 2.17. The number of unbranched alkanes of at least 4 members (excludes halogenated alkanes) is 12. The Labute approximate surface area is 173 Å². The van der Waals surface area contributed by atoms with Crippen molar-refractivity contribution in [1.82, 2.24) is 5.32 Å². The Morgan fingerprint density at radius 2 is 1.29 bits per heavy atom. The lowest BCUT2D eigenvalue weighted by atomic mass is 10.0. The van der Waals surface area contributed by atoms with Gasteiger partial charge >= 0.3 is 5.97 Å². The average Bonchev–Trinajstić information content (AvgIpc) is 2.67. The fraction of sp³-hybridized carbons (Fsp3) is 0.913. The molecule has 2 N–H and O–H groups in total. The third-order valence-electron chi connectivity index (χ3n) is 4.83. The van der Waals surface area contributed by atoms with Gasteiger partial charge in [0.1, 0.15) is 0 Å². The van der Waals surface area contributed by atoms with Gasteiger partial charge in [0.25, 0.3) is 0 Å². The molecule has 0 aromatic heterocycles. The second kappa shape index (κ2) is 19.2. The first-order valence-corrected chi connectivity index (χ1v) is 11.6. The zero-order valence-electron chi connectivity index (χ0n) is 18.6. The smallest absolute Gasteiger partial charge is 0.336 e. The van der Waals surface area contributed by atoms with Crippen LogP contribution in [0.1, 0.15) is 111 Å². The van der Waals surface area contributed by atoms with E-state index in [1.54, 1.807) is 0 Å². The van der Waals surface area contributed by atoms with Crippen molar-refractivity contribution in [2.24, 2.45) is 5.92 Å². The van der Waals surface area contributed by atoms with Gasteiger partial charge in [0.05, 0.1) is 13.2 Å². The Morgan fingerprint density at radius 1 is 0.821 bits per heavy atom. The van der Waals surface area contributed by atoms with Crippen molar-refractivity contribution in [1.29, 1.82) is 0 Å². The molecule has 0 aliphatic carbocycles. The van der Waals surface area contributed by atoms with Crippen molar-refractivity contribution < 1.29 is 19.4 Å². The van der Waals surface area contributed by atoms with E-state index in [-0.39, 0.29) is 25.0 Å². The summed E-state index contributed by atoms with van der Waals surface area (Å²) >= 11 is 0. The van der Waals surface area contributed by atoms with E-state index in [1.807, 2.05) is 13.8 Å². The lowest BCUT2D eigenvalue weighted by Gasteiger charge is -2.13. The summed E-state index contributed by atoms with van der Waals surface area (Å²) in [5.41, 5.74) is 0. The molecule has 0 aliphatic rings. The number of hydrogen-bond donors (Lipinski definition) is 2. The van der Waals surface area contributed by atoms with Crippen LogP contribution in [0.2, 0.25) is 0 Å². The van der Waals surface area contributed by atoms with Crippen molar-refractivity contribution in [3.8, 4) is 0 Å². The summed E-state index contributed by atoms with van der Waals surface area (Å²) in [4.78, 5) is 23.3. The highest BCUT2D eigenvalue weighted by molar-refractivity contribution is 5.78. The minimum absolute atomic E-state index is 0.0752. The van der Waals surface area contributed by atoms with Crippen LogP contribution in [0.15, 0.2) is 0 Å². The van der Waals surface area contributed by atoms with Gasteiger partial charge in [-0.05, 0) is 12.3 Å². The number of carbonyl (C=O) groups is 2. The van der Waals surface area contributed by atoms with Crippen LogP contribution in [0.5, 0.6) is 0 Å². The van der Waals surface area contributed by atoms with Crippen molar-refractivity contribution in [2.45, 2.75) is 117 Å². The zero-order chi connectivity index (χ0) is 21.0. The minimum Gasteiger partial charge on any atom is -0.463 e.